The van der Waals surface area contributed by atoms with Gasteiger partial charge < -0.3 is 10.3 Å². The molecular weight excluding hydrogens is 250 g/mol. The number of nitrogen functional groups attached to an aromatic ring is 1. The highest BCUT2D eigenvalue weighted by molar-refractivity contribution is 5.58. The Hall–Kier alpha value is -2.14. The van der Waals surface area contributed by atoms with Gasteiger partial charge in [-0.25, -0.2) is 15.8 Å². The molecule has 0 aliphatic heterocycles. The van der Waals surface area contributed by atoms with Gasteiger partial charge in [0, 0.05) is 18.7 Å². The summed E-state index contributed by atoms with van der Waals surface area (Å²) in [6.07, 6.45) is 0. The third-order valence-electron chi connectivity index (χ3n) is 3.27. The molecule has 2 rings (SSSR count). The molecule has 106 valence electrons. The molecule has 0 atom stereocenters. The lowest BCUT2D eigenvalue weighted by Crippen LogP contribution is -2.25. The van der Waals surface area contributed by atoms with Crippen LogP contribution in [0, 0.1) is 13.8 Å². The fourth-order valence-electron chi connectivity index (χ4n) is 2.20. The molecule has 0 saturated carbocycles. The van der Waals surface area contributed by atoms with Gasteiger partial charge in [0.1, 0.15) is 17.5 Å². The summed E-state index contributed by atoms with van der Waals surface area (Å²) in [7, 11) is 0. The van der Waals surface area contributed by atoms with Gasteiger partial charge in [0.2, 0.25) is 0 Å². The molecule has 0 radical (unpaired) electrons. The van der Waals surface area contributed by atoms with Gasteiger partial charge in [-0.3, -0.25) is 0 Å². The number of hydrogen-bond donors (Lipinski definition) is 2. The lowest BCUT2D eigenvalue weighted by molar-refractivity contribution is 0.798. The van der Waals surface area contributed by atoms with Crippen molar-refractivity contribution in [2.24, 2.45) is 5.84 Å². The minimum atomic E-state index is 0.680. The zero-order chi connectivity index (χ0) is 14.5. The Morgan fingerprint density at radius 1 is 1.15 bits per heavy atom. The number of nitrogens with one attached hydrogen (secondary N) is 1. The molecule has 0 bridgehead atoms. The molecule has 0 saturated heterocycles. The Labute approximate surface area is 119 Å². The highest BCUT2D eigenvalue weighted by Gasteiger charge is 2.14. The SMILES string of the molecule is CCN(Cc1ccccc1)c1nc(C)nc(NN)c1C. The second kappa shape index (κ2) is 6.34. The molecule has 0 fully saturated rings. The van der Waals surface area contributed by atoms with Crippen molar-refractivity contribution < 1.29 is 0 Å². The zero-order valence-corrected chi connectivity index (χ0v) is 12.2. The lowest BCUT2D eigenvalue weighted by Gasteiger charge is -2.25. The Balaban J connectivity index is 2.34. The van der Waals surface area contributed by atoms with Crippen LogP contribution in [0.15, 0.2) is 30.3 Å². The second-order valence-corrected chi connectivity index (χ2v) is 4.71. The first-order valence-electron chi connectivity index (χ1n) is 6.76. The monoisotopic (exact) mass is 271 g/mol. The fraction of sp³-hybridized carbons (Fsp3) is 0.333. The maximum Gasteiger partial charge on any atom is 0.148 e. The van der Waals surface area contributed by atoms with E-state index < -0.39 is 0 Å². The van der Waals surface area contributed by atoms with Crippen LogP contribution in [0.5, 0.6) is 0 Å². The summed E-state index contributed by atoms with van der Waals surface area (Å²) < 4.78 is 0. The number of nitrogens with two attached hydrogens (primary N) is 1. The normalized spacial score (nSPS) is 10.4. The summed E-state index contributed by atoms with van der Waals surface area (Å²) in [6.45, 7) is 7.67. The number of aromatic nitrogens is 2. The molecular formula is C15H21N5. The number of benzene rings is 1. The third-order valence-corrected chi connectivity index (χ3v) is 3.27. The molecule has 0 unspecified atom stereocenters. The van der Waals surface area contributed by atoms with Gasteiger partial charge in [0.25, 0.3) is 0 Å². The first-order chi connectivity index (χ1) is 9.65. The maximum atomic E-state index is 5.52. The molecule has 5 nitrogen and oxygen atoms in total. The molecule has 3 N–H and O–H groups in total. The van der Waals surface area contributed by atoms with E-state index >= 15 is 0 Å². The smallest absolute Gasteiger partial charge is 0.148 e. The van der Waals surface area contributed by atoms with E-state index in [4.69, 9.17) is 5.84 Å². The van der Waals surface area contributed by atoms with Gasteiger partial charge in [0.15, 0.2) is 0 Å². The van der Waals surface area contributed by atoms with Crippen LogP contribution in [0.1, 0.15) is 23.9 Å². The molecule has 1 heterocycles. The summed E-state index contributed by atoms with van der Waals surface area (Å²) in [6, 6.07) is 10.4. The van der Waals surface area contributed by atoms with Crippen LogP contribution in [0.2, 0.25) is 0 Å². The predicted octanol–water partition coefficient (Wildman–Crippen LogP) is 2.41. The van der Waals surface area contributed by atoms with E-state index in [0.717, 1.165) is 24.5 Å². The highest BCUT2D eigenvalue weighted by atomic mass is 15.3. The predicted molar refractivity (Wildman–Crippen MR) is 82.5 cm³/mol. The Morgan fingerprint density at radius 3 is 2.45 bits per heavy atom. The van der Waals surface area contributed by atoms with Crippen molar-refractivity contribution >= 4 is 11.6 Å². The van der Waals surface area contributed by atoms with E-state index in [1.807, 2.05) is 32.0 Å². The summed E-state index contributed by atoms with van der Waals surface area (Å²) in [5.41, 5.74) is 4.87. The number of anilines is 2. The number of hydrazine groups is 1. The molecule has 0 amide bonds. The first kappa shape index (κ1) is 14.3. The lowest BCUT2D eigenvalue weighted by atomic mass is 10.2. The molecule has 20 heavy (non-hydrogen) atoms. The van der Waals surface area contributed by atoms with Crippen molar-refractivity contribution in [2.75, 3.05) is 16.9 Å². The van der Waals surface area contributed by atoms with E-state index in [-0.39, 0.29) is 0 Å². The van der Waals surface area contributed by atoms with Crippen LogP contribution in [-0.4, -0.2) is 16.5 Å². The van der Waals surface area contributed by atoms with Gasteiger partial charge in [0.05, 0.1) is 0 Å². The van der Waals surface area contributed by atoms with Crippen molar-refractivity contribution in [1.29, 1.82) is 0 Å². The van der Waals surface area contributed by atoms with E-state index in [1.165, 1.54) is 5.56 Å². The van der Waals surface area contributed by atoms with Crippen LogP contribution in [0.3, 0.4) is 0 Å². The van der Waals surface area contributed by atoms with Gasteiger partial charge in [-0.05, 0) is 26.3 Å². The minimum Gasteiger partial charge on any atom is -0.352 e. The topological polar surface area (TPSA) is 67.1 Å². The van der Waals surface area contributed by atoms with Crippen LogP contribution < -0.4 is 16.2 Å². The third kappa shape index (κ3) is 3.05. The van der Waals surface area contributed by atoms with Crippen molar-refractivity contribution in [2.45, 2.75) is 27.3 Å². The molecule has 0 aliphatic rings. The Morgan fingerprint density at radius 2 is 1.85 bits per heavy atom. The van der Waals surface area contributed by atoms with E-state index in [9.17, 15) is 0 Å². The van der Waals surface area contributed by atoms with Gasteiger partial charge in [-0.2, -0.15) is 0 Å². The molecule has 0 aliphatic carbocycles. The van der Waals surface area contributed by atoms with Crippen molar-refractivity contribution in [1.82, 2.24) is 9.97 Å². The highest BCUT2D eigenvalue weighted by Crippen LogP contribution is 2.24. The molecule has 0 spiro atoms. The van der Waals surface area contributed by atoms with E-state index in [2.05, 4.69) is 39.4 Å². The number of aryl methyl sites for hydroxylation is 1. The molecule has 5 heteroatoms. The standard InChI is InChI=1S/C15H21N5/c1-4-20(10-13-8-6-5-7-9-13)15-11(2)14(19-16)17-12(3)18-15/h5-9H,4,10,16H2,1-3H3,(H,17,18,19). The van der Waals surface area contributed by atoms with Crippen molar-refractivity contribution in [3.8, 4) is 0 Å². The average molecular weight is 271 g/mol. The van der Waals surface area contributed by atoms with Crippen LogP contribution in [-0.2, 0) is 6.54 Å². The average Bonchev–Trinajstić information content (AvgIpc) is 2.48. The summed E-state index contributed by atoms with van der Waals surface area (Å²) in [5, 5.41) is 0. The van der Waals surface area contributed by atoms with E-state index in [1.54, 1.807) is 0 Å². The van der Waals surface area contributed by atoms with Gasteiger partial charge in [-0.1, -0.05) is 30.3 Å². The Bertz CT molecular complexity index is 568. The first-order valence-corrected chi connectivity index (χ1v) is 6.76. The number of hydrogen-bond acceptors (Lipinski definition) is 5. The van der Waals surface area contributed by atoms with Gasteiger partial charge >= 0.3 is 0 Å². The Kier molecular flexibility index (Phi) is 4.53. The number of rotatable bonds is 5. The molecule has 2 aromatic rings. The van der Waals surface area contributed by atoms with Crippen molar-refractivity contribution in [3.05, 3.63) is 47.3 Å². The zero-order valence-electron chi connectivity index (χ0n) is 12.2. The molecule has 1 aromatic heterocycles. The van der Waals surface area contributed by atoms with Crippen LogP contribution >= 0.6 is 0 Å². The maximum absolute atomic E-state index is 5.52. The van der Waals surface area contributed by atoms with Crippen LogP contribution in [0.25, 0.3) is 0 Å². The largest absolute Gasteiger partial charge is 0.352 e. The fourth-order valence-corrected chi connectivity index (χ4v) is 2.20. The second-order valence-electron chi connectivity index (χ2n) is 4.71. The molecule has 1 aromatic carbocycles. The van der Waals surface area contributed by atoms with Crippen molar-refractivity contribution in [3.63, 3.8) is 0 Å². The summed E-state index contributed by atoms with van der Waals surface area (Å²) in [4.78, 5) is 11.1. The van der Waals surface area contributed by atoms with Crippen LogP contribution in [0.4, 0.5) is 11.6 Å². The van der Waals surface area contributed by atoms with E-state index in [0.29, 0.717) is 11.6 Å². The summed E-state index contributed by atoms with van der Waals surface area (Å²) >= 11 is 0. The minimum absolute atomic E-state index is 0.680. The number of nitrogens with zero attached hydrogens (tertiary/aromatic N) is 3. The van der Waals surface area contributed by atoms with Gasteiger partial charge in [-0.15, -0.1) is 0 Å². The summed E-state index contributed by atoms with van der Waals surface area (Å²) in [5.74, 6) is 7.84. The quantitative estimate of drug-likeness (QED) is 0.645.